The van der Waals surface area contributed by atoms with E-state index in [0.29, 0.717) is 6.54 Å². The molecule has 2 nitrogen and oxygen atoms in total. The van der Waals surface area contributed by atoms with Crippen LogP contribution in [0.4, 0.5) is 0 Å². The van der Waals surface area contributed by atoms with Gasteiger partial charge in [0.25, 0.3) is 0 Å². The molecule has 2 heteroatoms. The highest BCUT2D eigenvalue weighted by atomic mass is 15.0. The molecule has 0 aromatic rings. The highest BCUT2D eigenvalue weighted by Crippen LogP contribution is 2.34. The Morgan fingerprint density at radius 2 is 2.31 bits per heavy atom. The fraction of sp³-hybridized carbons (Fsp3) is 0.818. The lowest BCUT2D eigenvalue weighted by Crippen LogP contribution is -2.29. The second-order valence-corrected chi connectivity index (χ2v) is 3.73. The van der Waals surface area contributed by atoms with Gasteiger partial charge in [0.2, 0.25) is 0 Å². The van der Waals surface area contributed by atoms with Crippen LogP contribution in [0.15, 0.2) is 0 Å². The minimum atomic E-state index is 0.685. The number of hydrogen-bond acceptors (Lipinski definition) is 2. The van der Waals surface area contributed by atoms with Crippen LogP contribution >= 0.6 is 0 Å². The first-order valence-electron chi connectivity index (χ1n) is 5.26. The van der Waals surface area contributed by atoms with Crippen LogP contribution in [0.25, 0.3) is 0 Å². The average Bonchev–Trinajstić information content (AvgIpc) is 2.84. The molecule has 0 heterocycles. The smallest absolute Gasteiger partial charge is 0.0574 e. The molecule has 1 aliphatic carbocycles. The van der Waals surface area contributed by atoms with Gasteiger partial charge in [-0.2, -0.15) is 0 Å². The number of terminal acetylenes is 1. The third-order valence-electron chi connectivity index (χ3n) is 2.52. The van der Waals surface area contributed by atoms with Gasteiger partial charge in [-0.15, -0.1) is 6.42 Å². The van der Waals surface area contributed by atoms with Gasteiger partial charge in [0.05, 0.1) is 6.54 Å². The molecule has 13 heavy (non-hydrogen) atoms. The Bertz CT molecular complexity index is 171. The maximum absolute atomic E-state index is 5.11. The summed E-state index contributed by atoms with van der Waals surface area (Å²) in [5.41, 5.74) is 0. The van der Waals surface area contributed by atoms with Crippen molar-refractivity contribution in [2.45, 2.75) is 32.2 Å². The van der Waals surface area contributed by atoms with Gasteiger partial charge < -0.3 is 10.6 Å². The molecule has 74 valence electrons. The monoisotopic (exact) mass is 180 g/mol. The molecule has 0 spiro atoms. The Morgan fingerprint density at radius 3 is 3.00 bits per heavy atom. The molecule has 2 unspecified atom stereocenters. The first kappa shape index (κ1) is 10.6. The van der Waals surface area contributed by atoms with Gasteiger partial charge in [-0.1, -0.05) is 19.3 Å². The fourth-order valence-corrected chi connectivity index (χ4v) is 1.69. The summed E-state index contributed by atoms with van der Waals surface area (Å²) in [6, 6.07) is 0.799. The fourth-order valence-electron chi connectivity index (χ4n) is 1.69. The molecule has 1 saturated carbocycles. The number of rotatable bonds is 7. The van der Waals surface area contributed by atoms with E-state index in [1.807, 2.05) is 0 Å². The van der Waals surface area contributed by atoms with E-state index in [4.69, 9.17) is 6.42 Å². The maximum Gasteiger partial charge on any atom is 0.0574 e. The van der Waals surface area contributed by atoms with Gasteiger partial charge in [0.15, 0.2) is 0 Å². The molecular weight excluding hydrogens is 160 g/mol. The van der Waals surface area contributed by atoms with Crippen LogP contribution in [0, 0.1) is 18.3 Å². The summed E-state index contributed by atoms with van der Waals surface area (Å²) in [6.45, 7) is 4.97. The normalized spacial score (nSPS) is 25.5. The third-order valence-corrected chi connectivity index (χ3v) is 2.52. The van der Waals surface area contributed by atoms with E-state index in [-0.39, 0.29) is 0 Å². The third kappa shape index (κ3) is 4.31. The Morgan fingerprint density at radius 1 is 1.46 bits per heavy atom. The first-order valence-corrected chi connectivity index (χ1v) is 5.26. The quantitative estimate of drug-likeness (QED) is 0.451. The van der Waals surface area contributed by atoms with Crippen molar-refractivity contribution in [3.05, 3.63) is 0 Å². The zero-order chi connectivity index (χ0) is 9.52. The Hall–Kier alpha value is -0.520. The van der Waals surface area contributed by atoms with Gasteiger partial charge in [0.1, 0.15) is 0 Å². The van der Waals surface area contributed by atoms with Crippen molar-refractivity contribution in [1.82, 2.24) is 10.6 Å². The topological polar surface area (TPSA) is 24.1 Å². The Labute approximate surface area is 81.5 Å². The molecule has 2 N–H and O–H groups in total. The van der Waals surface area contributed by atoms with E-state index in [1.165, 1.54) is 19.3 Å². The van der Waals surface area contributed by atoms with Crippen LogP contribution in [0.2, 0.25) is 0 Å². The highest BCUT2D eigenvalue weighted by molar-refractivity contribution is 4.92. The van der Waals surface area contributed by atoms with Crippen molar-refractivity contribution in [3.63, 3.8) is 0 Å². The zero-order valence-corrected chi connectivity index (χ0v) is 8.47. The predicted molar refractivity (Wildman–Crippen MR) is 56.5 cm³/mol. The molecule has 0 aliphatic heterocycles. The van der Waals surface area contributed by atoms with Crippen LogP contribution in [0.1, 0.15) is 26.2 Å². The van der Waals surface area contributed by atoms with Crippen molar-refractivity contribution in [2.75, 3.05) is 19.6 Å². The van der Waals surface area contributed by atoms with Crippen LogP contribution < -0.4 is 10.6 Å². The van der Waals surface area contributed by atoms with Gasteiger partial charge in [-0.05, 0) is 18.8 Å². The molecule has 0 saturated heterocycles. The first-order chi connectivity index (χ1) is 6.38. The minimum Gasteiger partial charge on any atom is -0.312 e. The highest BCUT2D eigenvalue weighted by Gasteiger charge is 2.34. The van der Waals surface area contributed by atoms with Gasteiger partial charge in [-0.25, -0.2) is 0 Å². The second kappa shape index (κ2) is 6.01. The lowest BCUT2D eigenvalue weighted by molar-refractivity contribution is 0.582. The van der Waals surface area contributed by atoms with Gasteiger partial charge >= 0.3 is 0 Å². The molecule has 0 bridgehead atoms. The standard InChI is InChI=1S/C11H20N2/c1-3-5-10-9-11(10)13-8-7-12-6-4-2/h2,10-13H,3,5-9H2,1H3. The molecule has 0 amide bonds. The van der Waals surface area contributed by atoms with E-state index < -0.39 is 0 Å². The van der Waals surface area contributed by atoms with E-state index >= 15 is 0 Å². The van der Waals surface area contributed by atoms with Crippen LogP contribution in [0.5, 0.6) is 0 Å². The number of hydrogen-bond donors (Lipinski definition) is 2. The van der Waals surface area contributed by atoms with Crippen molar-refractivity contribution >= 4 is 0 Å². The molecule has 2 atom stereocenters. The summed E-state index contributed by atoms with van der Waals surface area (Å²) in [5, 5.41) is 6.69. The van der Waals surface area contributed by atoms with Crippen molar-refractivity contribution in [1.29, 1.82) is 0 Å². The van der Waals surface area contributed by atoms with Crippen molar-refractivity contribution in [3.8, 4) is 12.3 Å². The average molecular weight is 180 g/mol. The molecule has 0 aromatic carbocycles. The van der Waals surface area contributed by atoms with Gasteiger partial charge in [-0.3, -0.25) is 0 Å². The predicted octanol–water partition coefficient (Wildman–Crippen LogP) is 0.987. The lowest BCUT2D eigenvalue weighted by Gasteiger charge is -2.03. The summed E-state index contributed by atoms with van der Waals surface area (Å²) in [5.74, 6) is 3.52. The van der Waals surface area contributed by atoms with E-state index in [1.54, 1.807) is 0 Å². The molecule has 0 radical (unpaired) electrons. The molecular formula is C11H20N2. The second-order valence-electron chi connectivity index (χ2n) is 3.73. The zero-order valence-electron chi connectivity index (χ0n) is 8.47. The minimum absolute atomic E-state index is 0.685. The summed E-state index contributed by atoms with van der Waals surface area (Å²) >= 11 is 0. The Kier molecular flexibility index (Phi) is 4.88. The lowest BCUT2D eigenvalue weighted by atomic mass is 10.2. The molecule has 0 aromatic heterocycles. The summed E-state index contributed by atoms with van der Waals surface area (Å²) < 4.78 is 0. The van der Waals surface area contributed by atoms with E-state index in [2.05, 4.69) is 23.5 Å². The summed E-state index contributed by atoms with van der Waals surface area (Å²) in [6.07, 6.45) is 9.19. The summed E-state index contributed by atoms with van der Waals surface area (Å²) in [7, 11) is 0. The SMILES string of the molecule is C#CCNCCNC1CC1CCC. The largest absolute Gasteiger partial charge is 0.312 e. The molecule has 1 aliphatic rings. The maximum atomic E-state index is 5.11. The van der Waals surface area contributed by atoms with Crippen LogP contribution in [-0.4, -0.2) is 25.7 Å². The molecule has 1 rings (SSSR count). The van der Waals surface area contributed by atoms with Crippen molar-refractivity contribution in [2.24, 2.45) is 5.92 Å². The molecule has 1 fully saturated rings. The van der Waals surface area contributed by atoms with Gasteiger partial charge in [0, 0.05) is 19.1 Å². The van der Waals surface area contributed by atoms with Crippen LogP contribution in [0.3, 0.4) is 0 Å². The van der Waals surface area contributed by atoms with E-state index in [0.717, 1.165) is 25.0 Å². The Balaban J connectivity index is 1.83. The summed E-state index contributed by atoms with van der Waals surface area (Å²) in [4.78, 5) is 0. The van der Waals surface area contributed by atoms with E-state index in [9.17, 15) is 0 Å². The number of nitrogens with one attached hydrogen (secondary N) is 2. The van der Waals surface area contributed by atoms with Crippen molar-refractivity contribution < 1.29 is 0 Å². The van der Waals surface area contributed by atoms with Crippen LogP contribution in [-0.2, 0) is 0 Å².